The first-order valence-corrected chi connectivity index (χ1v) is 4.03. The molecule has 0 aliphatic heterocycles. The van der Waals surface area contributed by atoms with Gasteiger partial charge >= 0.3 is 6.18 Å². The van der Waals surface area contributed by atoms with Crippen molar-refractivity contribution in [3.63, 3.8) is 0 Å². The van der Waals surface area contributed by atoms with Crippen molar-refractivity contribution in [3.8, 4) is 0 Å². The van der Waals surface area contributed by atoms with Crippen molar-refractivity contribution in [2.75, 3.05) is 0 Å². The quantitative estimate of drug-likeness (QED) is 0.562. The second-order valence-corrected chi connectivity index (χ2v) is 2.97. The molecule has 0 radical (unpaired) electrons. The summed E-state index contributed by atoms with van der Waals surface area (Å²) in [6.07, 6.45) is -4.49. The van der Waals surface area contributed by atoms with Crippen LogP contribution in [0, 0.1) is 0 Å². The zero-order valence-corrected chi connectivity index (χ0v) is 7.76. The third-order valence-electron chi connectivity index (χ3n) is 1.89. The zero-order valence-electron chi connectivity index (χ0n) is 7.76. The van der Waals surface area contributed by atoms with Crippen LogP contribution in [0.25, 0.3) is 0 Å². The van der Waals surface area contributed by atoms with Crippen LogP contribution < -0.4 is 0 Å². The van der Waals surface area contributed by atoms with Gasteiger partial charge < -0.3 is 0 Å². The average Bonchev–Trinajstić information content (AvgIpc) is 2.15. The highest BCUT2D eigenvalue weighted by Crippen LogP contribution is 2.31. The molecule has 0 N–H and O–H groups in total. The first kappa shape index (κ1) is 11.4. The average molecular weight is 216 g/mol. The molecule has 0 saturated heterocycles. The van der Waals surface area contributed by atoms with Crippen LogP contribution in [0.4, 0.5) is 13.2 Å². The van der Waals surface area contributed by atoms with Gasteiger partial charge in [-0.2, -0.15) is 13.2 Å². The summed E-state index contributed by atoms with van der Waals surface area (Å²) in [6, 6.07) is 2.73. The number of Topliss-reactive ketones (excluding diaryl/α,β-unsaturated/α-hetero) is 1. The summed E-state index contributed by atoms with van der Waals surface area (Å²) in [4.78, 5) is 21.3. The Hall–Kier alpha value is -1.65. The van der Waals surface area contributed by atoms with E-state index in [0.717, 1.165) is 18.2 Å². The molecule has 80 valence electrons. The molecule has 1 rings (SSSR count). The Morgan fingerprint density at radius 2 is 1.93 bits per heavy atom. The minimum Gasteiger partial charge on any atom is -0.298 e. The van der Waals surface area contributed by atoms with Crippen LogP contribution in [-0.4, -0.2) is 12.1 Å². The first-order valence-electron chi connectivity index (χ1n) is 4.03. The highest BCUT2D eigenvalue weighted by molar-refractivity contribution is 5.96. The molecule has 0 fully saturated rings. The molecule has 0 bridgehead atoms. The highest BCUT2D eigenvalue weighted by Gasteiger charge is 2.33. The van der Waals surface area contributed by atoms with Crippen LogP contribution in [0.5, 0.6) is 0 Å². The number of hydrogen-bond donors (Lipinski definition) is 0. The Bertz CT molecular complexity index is 408. The van der Waals surface area contributed by atoms with Crippen molar-refractivity contribution in [2.24, 2.45) is 0 Å². The molecule has 0 saturated carbocycles. The number of rotatable bonds is 2. The van der Waals surface area contributed by atoms with E-state index in [-0.39, 0.29) is 17.6 Å². The third-order valence-corrected chi connectivity index (χ3v) is 1.89. The van der Waals surface area contributed by atoms with E-state index in [1.807, 2.05) is 0 Å². The van der Waals surface area contributed by atoms with E-state index < -0.39 is 17.3 Å². The van der Waals surface area contributed by atoms with Crippen molar-refractivity contribution in [3.05, 3.63) is 34.9 Å². The Balaban J connectivity index is 3.33. The molecular weight excluding hydrogens is 209 g/mol. The number of aldehydes is 1. The van der Waals surface area contributed by atoms with Gasteiger partial charge in [0.15, 0.2) is 12.1 Å². The molecule has 5 heteroatoms. The summed E-state index contributed by atoms with van der Waals surface area (Å²) in [7, 11) is 0. The second-order valence-electron chi connectivity index (χ2n) is 2.97. The molecule has 0 spiro atoms. The standard InChI is InChI=1S/C10H7F3O2/c1-6(15)7-2-3-9(10(11,12)13)8(4-7)5-14/h2-5H,1H3. The largest absolute Gasteiger partial charge is 0.417 e. The summed E-state index contributed by atoms with van der Waals surface area (Å²) in [5, 5.41) is 0. The predicted molar refractivity (Wildman–Crippen MR) is 46.8 cm³/mol. The lowest BCUT2D eigenvalue weighted by atomic mass is 10.0. The van der Waals surface area contributed by atoms with Crippen molar-refractivity contribution in [1.29, 1.82) is 0 Å². The van der Waals surface area contributed by atoms with Crippen LogP contribution in [0.15, 0.2) is 18.2 Å². The Morgan fingerprint density at radius 3 is 2.33 bits per heavy atom. The fraction of sp³-hybridized carbons (Fsp3) is 0.200. The van der Waals surface area contributed by atoms with Gasteiger partial charge in [-0.05, 0) is 19.1 Å². The highest BCUT2D eigenvalue weighted by atomic mass is 19.4. The summed E-state index contributed by atoms with van der Waals surface area (Å²) < 4.78 is 37.0. The lowest BCUT2D eigenvalue weighted by Gasteiger charge is -2.09. The van der Waals surface area contributed by atoms with Crippen LogP contribution in [0.3, 0.4) is 0 Å². The molecule has 0 amide bonds. The van der Waals surface area contributed by atoms with Gasteiger partial charge in [0.05, 0.1) is 5.56 Å². The van der Waals surface area contributed by atoms with E-state index in [0.29, 0.717) is 0 Å². The lowest BCUT2D eigenvalue weighted by molar-refractivity contribution is -0.137. The van der Waals surface area contributed by atoms with Crippen LogP contribution >= 0.6 is 0 Å². The topological polar surface area (TPSA) is 34.1 Å². The van der Waals surface area contributed by atoms with E-state index in [4.69, 9.17) is 0 Å². The summed E-state index contributed by atoms with van der Waals surface area (Å²) in [5.74, 6) is -0.383. The van der Waals surface area contributed by atoms with Crippen molar-refractivity contribution < 1.29 is 22.8 Å². The summed E-state index contributed by atoms with van der Waals surface area (Å²) >= 11 is 0. The number of halogens is 3. The number of alkyl halides is 3. The normalized spacial score (nSPS) is 11.2. The molecule has 2 nitrogen and oxygen atoms in total. The maximum Gasteiger partial charge on any atom is 0.417 e. The number of carbonyl (C=O) groups excluding carboxylic acids is 2. The van der Waals surface area contributed by atoms with Crippen molar-refractivity contribution >= 4 is 12.1 Å². The Morgan fingerprint density at radius 1 is 1.33 bits per heavy atom. The summed E-state index contributed by atoms with van der Waals surface area (Å²) in [5.41, 5.74) is -1.46. The molecule has 0 heterocycles. The van der Waals surface area contributed by atoms with E-state index in [2.05, 4.69) is 0 Å². The number of ketones is 1. The van der Waals surface area contributed by atoms with Crippen LogP contribution in [0.2, 0.25) is 0 Å². The van der Waals surface area contributed by atoms with E-state index in [9.17, 15) is 22.8 Å². The number of carbonyl (C=O) groups is 2. The van der Waals surface area contributed by atoms with Gasteiger partial charge in [0.1, 0.15) is 0 Å². The van der Waals surface area contributed by atoms with Gasteiger partial charge in [-0.15, -0.1) is 0 Å². The smallest absolute Gasteiger partial charge is 0.298 e. The van der Waals surface area contributed by atoms with Gasteiger partial charge in [0.25, 0.3) is 0 Å². The van der Waals surface area contributed by atoms with Gasteiger partial charge in [-0.3, -0.25) is 9.59 Å². The molecule has 1 aromatic rings. The van der Waals surface area contributed by atoms with Gasteiger partial charge in [0, 0.05) is 11.1 Å². The van der Waals surface area contributed by atoms with Crippen LogP contribution in [0.1, 0.15) is 33.2 Å². The van der Waals surface area contributed by atoms with E-state index >= 15 is 0 Å². The molecule has 0 aliphatic carbocycles. The third kappa shape index (κ3) is 2.43. The minimum absolute atomic E-state index is 0.0881. The molecule has 1 aromatic carbocycles. The predicted octanol–water partition coefficient (Wildman–Crippen LogP) is 2.72. The molecule has 15 heavy (non-hydrogen) atoms. The molecule has 0 aromatic heterocycles. The first-order chi connectivity index (χ1) is 6.86. The van der Waals surface area contributed by atoms with E-state index in [1.54, 1.807) is 0 Å². The van der Waals surface area contributed by atoms with E-state index in [1.165, 1.54) is 6.92 Å². The second kappa shape index (κ2) is 3.84. The van der Waals surface area contributed by atoms with Gasteiger partial charge in [0.2, 0.25) is 0 Å². The monoisotopic (exact) mass is 216 g/mol. The maximum atomic E-state index is 12.3. The zero-order chi connectivity index (χ0) is 11.6. The molecular formula is C10H7F3O2. The summed E-state index contributed by atoms with van der Waals surface area (Å²) in [6.45, 7) is 1.22. The number of benzene rings is 1. The fourth-order valence-corrected chi connectivity index (χ4v) is 1.14. The van der Waals surface area contributed by atoms with Gasteiger partial charge in [-0.25, -0.2) is 0 Å². The molecule has 0 atom stereocenters. The van der Waals surface area contributed by atoms with Crippen LogP contribution in [-0.2, 0) is 6.18 Å². The molecule has 0 unspecified atom stereocenters. The Kier molecular flexibility index (Phi) is 2.93. The van der Waals surface area contributed by atoms with Crippen molar-refractivity contribution in [2.45, 2.75) is 13.1 Å². The minimum atomic E-state index is -4.58. The fourth-order valence-electron chi connectivity index (χ4n) is 1.14. The number of hydrogen-bond acceptors (Lipinski definition) is 2. The lowest BCUT2D eigenvalue weighted by Crippen LogP contribution is -2.09. The molecule has 0 aliphatic rings. The Labute approximate surface area is 83.7 Å². The SMILES string of the molecule is CC(=O)c1ccc(C(F)(F)F)c(C=O)c1. The van der Waals surface area contributed by atoms with Gasteiger partial charge in [-0.1, -0.05) is 6.07 Å². The maximum absolute atomic E-state index is 12.3. The van der Waals surface area contributed by atoms with Crippen molar-refractivity contribution in [1.82, 2.24) is 0 Å².